The fourth-order valence-corrected chi connectivity index (χ4v) is 3.30. The molecule has 5 heteroatoms. The number of benzene rings is 1. The number of hydrogen-bond donors (Lipinski definition) is 0. The summed E-state index contributed by atoms with van der Waals surface area (Å²) in [4.78, 5) is 16.2. The molecule has 1 heterocycles. The summed E-state index contributed by atoms with van der Waals surface area (Å²) in [7, 11) is -1.73. The first-order valence-corrected chi connectivity index (χ1v) is 10.9. The Morgan fingerprint density at radius 2 is 1.77 bits per heavy atom. The van der Waals surface area contributed by atoms with E-state index in [9.17, 15) is 4.79 Å². The van der Waals surface area contributed by atoms with Gasteiger partial charge in [0.1, 0.15) is 0 Å². The number of carbonyl (C=O) groups is 1. The standard InChI is InChI=1S/C17H28N2O2Si/c1-17(2,3)22(4,5)21-14-13-18-11-12-19(16(18)20)15-9-7-6-8-10-15/h6-10H,11-14H2,1-5H3. The molecule has 1 aliphatic heterocycles. The number of rotatable bonds is 5. The highest BCUT2D eigenvalue weighted by atomic mass is 28.4. The minimum Gasteiger partial charge on any atom is -0.415 e. The van der Waals surface area contributed by atoms with E-state index in [0.717, 1.165) is 18.8 Å². The van der Waals surface area contributed by atoms with Gasteiger partial charge in [-0.1, -0.05) is 39.0 Å². The molecule has 0 radical (unpaired) electrons. The van der Waals surface area contributed by atoms with Crippen LogP contribution in [0, 0.1) is 0 Å². The van der Waals surface area contributed by atoms with Gasteiger partial charge in [-0.05, 0) is 30.3 Å². The lowest BCUT2D eigenvalue weighted by Crippen LogP contribution is -2.43. The van der Waals surface area contributed by atoms with Crippen LogP contribution in [0.2, 0.25) is 18.1 Å². The molecule has 122 valence electrons. The summed E-state index contributed by atoms with van der Waals surface area (Å²) in [6, 6.07) is 9.94. The summed E-state index contributed by atoms with van der Waals surface area (Å²) in [5.41, 5.74) is 0.973. The highest BCUT2D eigenvalue weighted by Crippen LogP contribution is 2.36. The Hall–Kier alpha value is -1.33. The van der Waals surface area contributed by atoms with Gasteiger partial charge in [-0.15, -0.1) is 0 Å². The molecule has 22 heavy (non-hydrogen) atoms. The molecule has 0 unspecified atom stereocenters. The van der Waals surface area contributed by atoms with Crippen LogP contribution in [-0.4, -0.2) is 45.5 Å². The first-order chi connectivity index (χ1) is 10.2. The molecule has 1 aromatic carbocycles. The molecule has 1 aliphatic rings. The van der Waals surface area contributed by atoms with Crippen LogP contribution in [0.4, 0.5) is 10.5 Å². The predicted octanol–water partition coefficient (Wildman–Crippen LogP) is 3.95. The molecule has 0 aliphatic carbocycles. The lowest BCUT2D eigenvalue weighted by molar-refractivity contribution is 0.200. The molecule has 0 N–H and O–H groups in total. The second-order valence-electron chi connectivity index (χ2n) is 7.37. The Balaban J connectivity index is 1.87. The molecule has 4 nitrogen and oxygen atoms in total. The summed E-state index contributed by atoms with van der Waals surface area (Å²) in [5.74, 6) is 0. The van der Waals surface area contributed by atoms with Crippen molar-refractivity contribution in [3.05, 3.63) is 30.3 Å². The Labute approximate surface area is 135 Å². The van der Waals surface area contributed by atoms with Gasteiger partial charge in [0, 0.05) is 25.3 Å². The fourth-order valence-electron chi connectivity index (χ4n) is 2.27. The number of anilines is 1. The van der Waals surface area contributed by atoms with E-state index in [4.69, 9.17) is 4.43 Å². The van der Waals surface area contributed by atoms with Gasteiger partial charge in [-0.2, -0.15) is 0 Å². The van der Waals surface area contributed by atoms with Gasteiger partial charge in [-0.3, -0.25) is 4.90 Å². The SMILES string of the molecule is CC(C)(C)[Si](C)(C)OCCN1CCN(c2ccccc2)C1=O. The van der Waals surface area contributed by atoms with E-state index in [-0.39, 0.29) is 11.1 Å². The van der Waals surface area contributed by atoms with Crippen molar-refractivity contribution in [2.75, 3.05) is 31.1 Å². The molecular formula is C17H28N2O2Si. The number of hydrogen-bond acceptors (Lipinski definition) is 2. The minimum atomic E-state index is -1.73. The third-order valence-electron chi connectivity index (χ3n) is 4.79. The Bertz CT molecular complexity index is 511. The van der Waals surface area contributed by atoms with Crippen LogP contribution < -0.4 is 4.90 Å². The molecule has 2 amide bonds. The van der Waals surface area contributed by atoms with E-state index >= 15 is 0 Å². The highest BCUT2D eigenvalue weighted by molar-refractivity contribution is 6.74. The van der Waals surface area contributed by atoms with Crippen molar-refractivity contribution in [3.63, 3.8) is 0 Å². The number of carbonyl (C=O) groups excluding carboxylic acids is 1. The third kappa shape index (κ3) is 3.70. The van der Waals surface area contributed by atoms with Crippen LogP contribution in [0.25, 0.3) is 0 Å². The number of urea groups is 1. The quantitative estimate of drug-likeness (QED) is 0.770. The molecule has 0 spiro atoms. The average Bonchev–Trinajstić information content (AvgIpc) is 2.80. The van der Waals surface area contributed by atoms with Crippen molar-refractivity contribution in [1.29, 1.82) is 0 Å². The Morgan fingerprint density at radius 3 is 2.36 bits per heavy atom. The van der Waals surface area contributed by atoms with Crippen LogP contribution in [0.5, 0.6) is 0 Å². The monoisotopic (exact) mass is 320 g/mol. The van der Waals surface area contributed by atoms with E-state index in [1.807, 2.05) is 40.1 Å². The lowest BCUT2D eigenvalue weighted by Gasteiger charge is -2.36. The Morgan fingerprint density at radius 1 is 1.14 bits per heavy atom. The van der Waals surface area contributed by atoms with Crippen LogP contribution in [0.15, 0.2) is 30.3 Å². The normalized spacial score (nSPS) is 16.5. The maximum Gasteiger partial charge on any atom is 0.324 e. The van der Waals surface area contributed by atoms with Crippen molar-refractivity contribution in [1.82, 2.24) is 4.90 Å². The zero-order valence-corrected chi connectivity index (χ0v) is 15.4. The van der Waals surface area contributed by atoms with E-state index in [0.29, 0.717) is 13.2 Å². The van der Waals surface area contributed by atoms with E-state index in [1.54, 1.807) is 0 Å². The molecule has 0 atom stereocenters. The minimum absolute atomic E-state index is 0.0880. The molecule has 1 aromatic rings. The summed E-state index contributed by atoms with van der Waals surface area (Å²) in [5, 5.41) is 0.206. The summed E-state index contributed by atoms with van der Waals surface area (Å²) in [6.45, 7) is 14.0. The van der Waals surface area contributed by atoms with Crippen molar-refractivity contribution in [2.45, 2.75) is 38.9 Å². The van der Waals surface area contributed by atoms with Crippen LogP contribution in [0.3, 0.4) is 0 Å². The molecule has 1 fully saturated rings. The van der Waals surface area contributed by atoms with Crippen molar-refractivity contribution >= 4 is 20.0 Å². The highest BCUT2D eigenvalue weighted by Gasteiger charge is 2.37. The van der Waals surface area contributed by atoms with Crippen molar-refractivity contribution in [2.24, 2.45) is 0 Å². The van der Waals surface area contributed by atoms with Crippen LogP contribution in [-0.2, 0) is 4.43 Å². The van der Waals surface area contributed by atoms with Crippen LogP contribution >= 0.6 is 0 Å². The number of para-hydroxylation sites is 1. The molecular weight excluding hydrogens is 292 g/mol. The van der Waals surface area contributed by atoms with Gasteiger partial charge in [0.2, 0.25) is 0 Å². The number of amides is 2. The van der Waals surface area contributed by atoms with E-state index in [1.165, 1.54) is 0 Å². The van der Waals surface area contributed by atoms with Gasteiger partial charge in [-0.25, -0.2) is 4.79 Å². The fraction of sp³-hybridized carbons (Fsp3) is 0.588. The van der Waals surface area contributed by atoms with Gasteiger partial charge >= 0.3 is 6.03 Å². The summed E-state index contributed by atoms with van der Waals surface area (Å²) < 4.78 is 6.17. The summed E-state index contributed by atoms with van der Waals surface area (Å²) in [6.07, 6.45) is 0. The van der Waals surface area contributed by atoms with Crippen molar-refractivity contribution < 1.29 is 9.22 Å². The largest absolute Gasteiger partial charge is 0.415 e. The van der Waals surface area contributed by atoms with E-state index in [2.05, 4.69) is 33.9 Å². The zero-order chi connectivity index (χ0) is 16.4. The second kappa shape index (κ2) is 6.42. The number of nitrogens with zero attached hydrogens (tertiary/aromatic N) is 2. The van der Waals surface area contributed by atoms with Gasteiger partial charge in [0.25, 0.3) is 0 Å². The second-order valence-corrected chi connectivity index (χ2v) is 12.2. The average molecular weight is 321 g/mol. The Kier molecular flexibility index (Phi) is 4.97. The van der Waals surface area contributed by atoms with Gasteiger partial charge < -0.3 is 9.33 Å². The van der Waals surface area contributed by atoms with Gasteiger partial charge in [0.15, 0.2) is 8.32 Å². The van der Waals surface area contributed by atoms with E-state index < -0.39 is 8.32 Å². The van der Waals surface area contributed by atoms with Crippen molar-refractivity contribution in [3.8, 4) is 0 Å². The maximum atomic E-state index is 12.5. The zero-order valence-electron chi connectivity index (χ0n) is 14.4. The summed E-state index contributed by atoms with van der Waals surface area (Å²) >= 11 is 0. The molecule has 0 aromatic heterocycles. The smallest absolute Gasteiger partial charge is 0.324 e. The lowest BCUT2D eigenvalue weighted by atomic mass is 10.2. The third-order valence-corrected chi connectivity index (χ3v) is 9.33. The van der Waals surface area contributed by atoms with Crippen LogP contribution in [0.1, 0.15) is 20.8 Å². The predicted molar refractivity (Wildman–Crippen MR) is 93.9 cm³/mol. The molecule has 2 rings (SSSR count). The maximum absolute atomic E-state index is 12.5. The molecule has 0 bridgehead atoms. The molecule has 0 saturated carbocycles. The first kappa shape index (κ1) is 17.0. The topological polar surface area (TPSA) is 32.8 Å². The van der Waals surface area contributed by atoms with Gasteiger partial charge in [0.05, 0.1) is 6.61 Å². The molecule has 1 saturated heterocycles. The first-order valence-electron chi connectivity index (χ1n) is 7.98.